The number of ether oxygens (including phenoxy) is 1. The van der Waals surface area contributed by atoms with E-state index in [0.29, 0.717) is 23.1 Å². The molecule has 220 valence electrons. The molecule has 2 aliphatic heterocycles. The van der Waals surface area contributed by atoms with E-state index in [2.05, 4.69) is 39.4 Å². The normalized spacial score (nSPS) is 17.6. The lowest BCUT2D eigenvalue weighted by Gasteiger charge is -2.36. The Balaban J connectivity index is 1.24. The number of piperazine rings is 1. The van der Waals surface area contributed by atoms with Crippen LogP contribution in [0.15, 0.2) is 83.8 Å². The number of thioether (sulfide) groups is 1. The first-order valence-corrected chi connectivity index (χ1v) is 15.8. The predicted molar refractivity (Wildman–Crippen MR) is 175 cm³/mol. The second-order valence-electron chi connectivity index (χ2n) is 10.4. The Kier molecular flexibility index (Phi) is 9.99. The summed E-state index contributed by atoms with van der Waals surface area (Å²) in [5.74, 6) is 0.308. The SMILES string of the molecule is COc1ccc(NC(=O)C[C@@H]2C(=O)N(c3cccc(SC)c3)C(=S)N2CCCN2CCN(c3ccccc3)CC2)cc1. The van der Waals surface area contributed by atoms with Gasteiger partial charge in [0.15, 0.2) is 5.11 Å². The molecule has 0 unspecified atom stereocenters. The Morgan fingerprint density at radius 3 is 2.36 bits per heavy atom. The molecule has 2 heterocycles. The molecule has 2 saturated heterocycles. The van der Waals surface area contributed by atoms with Crippen LogP contribution in [0.5, 0.6) is 5.75 Å². The number of para-hydroxylation sites is 1. The first-order valence-electron chi connectivity index (χ1n) is 14.2. The van der Waals surface area contributed by atoms with Gasteiger partial charge in [-0.25, -0.2) is 0 Å². The quantitative estimate of drug-likeness (QED) is 0.244. The van der Waals surface area contributed by atoms with Crippen molar-refractivity contribution in [3.63, 3.8) is 0 Å². The number of thiocarbonyl (C=S) groups is 1. The molecule has 5 rings (SSSR count). The minimum absolute atomic E-state index is 0.0134. The summed E-state index contributed by atoms with van der Waals surface area (Å²) in [6.07, 6.45) is 2.86. The number of nitrogens with zero attached hydrogens (tertiary/aromatic N) is 4. The number of hydrogen-bond donors (Lipinski definition) is 1. The van der Waals surface area contributed by atoms with Crippen molar-refractivity contribution in [1.29, 1.82) is 0 Å². The first-order chi connectivity index (χ1) is 20.5. The number of anilines is 3. The smallest absolute Gasteiger partial charge is 0.256 e. The van der Waals surface area contributed by atoms with E-state index < -0.39 is 6.04 Å². The van der Waals surface area contributed by atoms with Gasteiger partial charge in [-0.1, -0.05) is 24.3 Å². The molecule has 8 nitrogen and oxygen atoms in total. The second kappa shape index (κ2) is 14.0. The first kappa shape index (κ1) is 29.9. The minimum Gasteiger partial charge on any atom is -0.497 e. The summed E-state index contributed by atoms with van der Waals surface area (Å²) in [5, 5.41) is 3.38. The van der Waals surface area contributed by atoms with Crippen LogP contribution in [-0.4, -0.2) is 85.4 Å². The third-order valence-corrected chi connectivity index (χ3v) is 8.89. The zero-order valence-electron chi connectivity index (χ0n) is 24.1. The van der Waals surface area contributed by atoms with Crippen molar-refractivity contribution in [2.45, 2.75) is 23.8 Å². The third-order valence-electron chi connectivity index (χ3n) is 7.75. The summed E-state index contributed by atoms with van der Waals surface area (Å²) in [7, 11) is 1.60. The van der Waals surface area contributed by atoms with Crippen LogP contribution in [0.25, 0.3) is 0 Å². The lowest BCUT2D eigenvalue weighted by atomic mass is 10.1. The Labute approximate surface area is 257 Å². The molecule has 1 N–H and O–H groups in total. The molecule has 0 bridgehead atoms. The Morgan fingerprint density at radius 2 is 1.67 bits per heavy atom. The number of amides is 2. The van der Waals surface area contributed by atoms with Crippen molar-refractivity contribution in [2.75, 3.05) is 67.8 Å². The van der Waals surface area contributed by atoms with Gasteiger partial charge in [-0.15, -0.1) is 11.8 Å². The highest BCUT2D eigenvalue weighted by Gasteiger charge is 2.44. The zero-order chi connectivity index (χ0) is 29.5. The van der Waals surface area contributed by atoms with E-state index in [-0.39, 0.29) is 18.2 Å². The van der Waals surface area contributed by atoms with Gasteiger partial charge in [0.1, 0.15) is 11.8 Å². The van der Waals surface area contributed by atoms with Crippen molar-refractivity contribution in [2.24, 2.45) is 0 Å². The highest BCUT2D eigenvalue weighted by Crippen LogP contribution is 2.30. The lowest BCUT2D eigenvalue weighted by molar-refractivity contribution is -0.124. The highest BCUT2D eigenvalue weighted by molar-refractivity contribution is 7.98. The summed E-state index contributed by atoms with van der Waals surface area (Å²) in [4.78, 5) is 36.4. The molecule has 0 radical (unpaired) electrons. The van der Waals surface area contributed by atoms with Crippen LogP contribution in [-0.2, 0) is 9.59 Å². The number of carbonyl (C=O) groups is 2. The Hall–Kier alpha value is -3.60. The van der Waals surface area contributed by atoms with Crippen LogP contribution in [0.4, 0.5) is 17.1 Å². The molecule has 0 spiro atoms. The summed E-state index contributed by atoms with van der Waals surface area (Å²) in [5.41, 5.74) is 2.65. The average molecular weight is 604 g/mol. The number of benzene rings is 3. The van der Waals surface area contributed by atoms with Gasteiger partial charge in [0.05, 0.1) is 19.2 Å². The molecule has 2 amide bonds. The summed E-state index contributed by atoms with van der Waals surface area (Å²) >= 11 is 7.50. The van der Waals surface area contributed by atoms with Crippen LogP contribution in [0.2, 0.25) is 0 Å². The number of nitrogens with one attached hydrogen (secondary N) is 1. The molecule has 2 aliphatic rings. The minimum atomic E-state index is -0.663. The van der Waals surface area contributed by atoms with Crippen LogP contribution in [0.1, 0.15) is 12.8 Å². The number of rotatable bonds is 11. The largest absolute Gasteiger partial charge is 0.497 e. The lowest BCUT2D eigenvalue weighted by Crippen LogP contribution is -2.47. The van der Waals surface area contributed by atoms with Crippen molar-refractivity contribution >= 4 is 58.0 Å². The van der Waals surface area contributed by atoms with Gasteiger partial charge in [0.25, 0.3) is 5.91 Å². The standard InChI is InChI=1S/C32H37N5O3S2/c1-40-27-14-12-24(13-15-27)33-30(38)23-29-31(39)37(26-10-6-11-28(22-26)42-2)32(41)36(29)17-7-16-34-18-20-35(21-19-34)25-8-4-3-5-9-25/h3-6,8-15,22,29H,7,16-21,23H2,1-2H3,(H,33,38)/t29-/m1/s1. The van der Waals surface area contributed by atoms with Gasteiger partial charge < -0.3 is 19.9 Å². The Bertz CT molecular complexity index is 1380. The van der Waals surface area contributed by atoms with Crippen molar-refractivity contribution in [3.05, 3.63) is 78.9 Å². The average Bonchev–Trinajstić information content (AvgIpc) is 3.26. The summed E-state index contributed by atoms with van der Waals surface area (Å²) < 4.78 is 5.21. The predicted octanol–water partition coefficient (Wildman–Crippen LogP) is 4.96. The maximum atomic E-state index is 13.8. The molecule has 3 aromatic carbocycles. The number of methoxy groups -OCH3 is 1. The van der Waals surface area contributed by atoms with Crippen molar-refractivity contribution in [1.82, 2.24) is 9.80 Å². The molecule has 1 atom stereocenters. The second-order valence-corrected chi connectivity index (χ2v) is 11.6. The van der Waals surface area contributed by atoms with Crippen LogP contribution >= 0.6 is 24.0 Å². The maximum Gasteiger partial charge on any atom is 0.256 e. The topological polar surface area (TPSA) is 68.4 Å². The van der Waals surface area contributed by atoms with Gasteiger partial charge in [-0.05, 0) is 86.0 Å². The fraction of sp³-hybridized carbons (Fsp3) is 0.344. The molecule has 3 aromatic rings. The van der Waals surface area contributed by atoms with Crippen LogP contribution in [0, 0.1) is 0 Å². The van der Waals surface area contributed by atoms with E-state index >= 15 is 0 Å². The molecule has 0 aliphatic carbocycles. The van der Waals surface area contributed by atoms with Gasteiger partial charge >= 0.3 is 0 Å². The number of carbonyl (C=O) groups excluding carboxylic acids is 2. The van der Waals surface area contributed by atoms with Crippen molar-refractivity contribution < 1.29 is 14.3 Å². The van der Waals surface area contributed by atoms with Gasteiger partial charge in [0, 0.05) is 49.0 Å². The summed E-state index contributed by atoms with van der Waals surface area (Å²) in [6, 6.07) is 24.8. The number of hydrogen-bond acceptors (Lipinski definition) is 7. The molecule has 0 aromatic heterocycles. The fourth-order valence-electron chi connectivity index (χ4n) is 5.47. The van der Waals surface area contributed by atoms with E-state index in [4.69, 9.17) is 17.0 Å². The van der Waals surface area contributed by atoms with E-state index in [9.17, 15) is 9.59 Å². The van der Waals surface area contributed by atoms with Gasteiger partial charge in [-0.2, -0.15) is 0 Å². The zero-order valence-corrected chi connectivity index (χ0v) is 25.7. The van der Waals surface area contributed by atoms with E-state index in [1.54, 1.807) is 48.0 Å². The molecular formula is C32H37N5O3S2. The van der Waals surface area contributed by atoms with Crippen LogP contribution in [0.3, 0.4) is 0 Å². The maximum absolute atomic E-state index is 13.8. The molecule has 0 saturated carbocycles. The molecule has 2 fully saturated rings. The monoisotopic (exact) mass is 603 g/mol. The van der Waals surface area contributed by atoms with Gasteiger partial charge in [0.2, 0.25) is 5.91 Å². The fourth-order valence-corrected chi connectivity index (χ4v) is 6.34. The Morgan fingerprint density at radius 1 is 0.952 bits per heavy atom. The van der Waals surface area contributed by atoms with E-state index in [1.807, 2.05) is 41.5 Å². The third kappa shape index (κ3) is 7.06. The van der Waals surface area contributed by atoms with Gasteiger partial charge in [-0.3, -0.25) is 19.4 Å². The highest BCUT2D eigenvalue weighted by atomic mass is 32.2. The summed E-state index contributed by atoms with van der Waals surface area (Å²) in [6.45, 7) is 5.45. The molecule has 42 heavy (non-hydrogen) atoms. The van der Waals surface area contributed by atoms with E-state index in [1.165, 1.54) is 5.69 Å². The molecular weight excluding hydrogens is 567 g/mol. The van der Waals surface area contributed by atoms with Crippen LogP contribution < -0.4 is 19.9 Å². The van der Waals surface area contributed by atoms with Crippen molar-refractivity contribution in [3.8, 4) is 5.75 Å². The van der Waals surface area contributed by atoms with E-state index in [0.717, 1.165) is 49.7 Å². The molecule has 10 heteroatoms.